The van der Waals surface area contributed by atoms with Crippen LogP contribution in [0.5, 0.6) is 28.7 Å². The fourth-order valence-electron chi connectivity index (χ4n) is 2.71. The molecule has 1 aliphatic heterocycles. The van der Waals surface area contributed by atoms with Crippen molar-refractivity contribution in [2.75, 3.05) is 0 Å². The van der Waals surface area contributed by atoms with Crippen LogP contribution in [0, 0.1) is 0 Å². The Bertz CT molecular complexity index is 923. The number of ether oxygens (including phenoxy) is 1. The highest BCUT2D eigenvalue weighted by atomic mass is 32.3. The molecule has 10 heteroatoms. The van der Waals surface area contributed by atoms with Gasteiger partial charge in [0.05, 0.1) is 0 Å². The Kier molecular flexibility index (Phi) is 4.11. The summed E-state index contributed by atoms with van der Waals surface area (Å²) in [6.07, 6.45) is -2.49. The minimum Gasteiger partial charge on any atom is -0.508 e. The summed E-state index contributed by atoms with van der Waals surface area (Å²) in [4.78, 5) is 0. The highest BCUT2D eigenvalue weighted by molar-refractivity contribution is 7.80. The predicted octanol–water partition coefficient (Wildman–Crippen LogP) is 1.37. The Morgan fingerprint density at radius 2 is 1.72 bits per heavy atom. The van der Waals surface area contributed by atoms with E-state index in [2.05, 4.69) is 4.18 Å². The number of aromatic hydroxyl groups is 4. The third kappa shape index (κ3) is 3.55. The van der Waals surface area contributed by atoms with E-state index in [-0.39, 0.29) is 40.5 Å². The topological polar surface area (TPSA) is 154 Å². The molecule has 5 N–H and O–H groups in total. The molecule has 1 heterocycles. The lowest BCUT2D eigenvalue weighted by atomic mass is 9.94. The average Bonchev–Trinajstić information content (AvgIpc) is 2.48. The van der Waals surface area contributed by atoms with Gasteiger partial charge in [-0.25, -0.2) is 4.18 Å². The molecule has 3 rings (SSSR count). The number of benzene rings is 2. The number of phenolic OH excluding ortho intramolecular Hbond substituents is 4. The maximum atomic E-state index is 11.1. The maximum Gasteiger partial charge on any atom is 0.397 e. The van der Waals surface area contributed by atoms with Gasteiger partial charge >= 0.3 is 10.4 Å². The van der Waals surface area contributed by atoms with E-state index in [1.807, 2.05) is 0 Å². The number of phenols is 4. The van der Waals surface area contributed by atoms with E-state index in [1.54, 1.807) is 0 Å². The van der Waals surface area contributed by atoms with Crippen LogP contribution in [0.3, 0.4) is 0 Å². The van der Waals surface area contributed by atoms with Gasteiger partial charge in [-0.1, -0.05) is 6.07 Å². The van der Waals surface area contributed by atoms with Crippen LogP contribution in [0.4, 0.5) is 0 Å². The molecule has 0 aromatic heterocycles. The Morgan fingerprint density at radius 3 is 2.36 bits per heavy atom. The van der Waals surface area contributed by atoms with Crippen LogP contribution in [0.15, 0.2) is 30.3 Å². The van der Waals surface area contributed by atoms with E-state index in [0.29, 0.717) is 0 Å². The molecule has 2 unspecified atom stereocenters. The number of fused-ring (bicyclic) bond motifs is 1. The van der Waals surface area contributed by atoms with E-state index in [0.717, 1.165) is 12.1 Å². The minimum atomic E-state index is -4.82. The van der Waals surface area contributed by atoms with Gasteiger partial charge in [0.2, 0.25) is 0 Å². The molecule has 9 nitrogen and oxygen atoms in total. The van der Waals surface area contributed by atoms with Crippen molar-refractivity contribution in [1.82, 2.24) is 0 Å². The SMILES string of the molecule is O=S(=O)(O)OC1Cc2cc(O)cc(O)c2OC1c1ccc(O)c(O)c1. The molecule has 0 bridgehead atoms. The minimum absolute atomic E-state index is 0.00514. The monoisotopic (exact) mass is 370 g/mol. The second-order valence-electron chi connectivity index (χ2n) is 5.51. The molecule has 0 radical (unpaired) electrons. The summed E-state index contributed by atoms with van der Waals surface area (Å²) in [7, 11) is -4.82. The first-order valence-corrected chi connectivity index (χ1v) is 8.39. The third-order valence-corrected chi connectivity index (χ3v) is 4.20. The zero-order valence-corrected chi connectivity index (χ0v) is 13.3. The van der Waals surface area contributed by atoms with Gasteiger partial charge in [0.25, 0.3) is 0 Å². The van der Waals surface area contributed by atoms with E-state index >= 15 is 0 Å². The molecule has 0 aliphatic carbocycles. The third-order valence-electron chi connectivity index (χ3n) is 3.71. The second kappa shape index (κ2) is 5.99. The fraction of sp³-hybridized carbons (Fsp3) is 0.200. The van der Waals surface area contributed by atoms with E-state index in [4.69, 9.17) is 9.29 Å². The molecule has 0 amide bonds. The molecule has 0 fully saturated rings. The van der Waals surface area contributed by atoms with Crippen LogP contribution in [0.1, 0.15) is 17.2 Å². The first-order chi connectivity index (χ1) is 11.6. The molecule has 2 atom stereocenters. The summed E-state index contributed by atoms with van der Waals surface area (Å²) in [5.74, 6) is -1.47. The largest absolute Gasteiger partial charge is 0.508 e. The zero-order chi connectivity index (χ0) is 18.4. The average molecular weight is 370 g/mol. The van der Waals surface area contributed by atoms with Crippen LogP contribution in [0.2, 0.25) is 0 Å². The lowest BCUT2D eigenvalue weighted by Gasteiger charge is -2.33. The summed E-state index contributed by atoms with van der Waals surface area (Å²) in [6, 6.07) is 5.99. The van der Waals surface area contributed by atoms with Crippen molar-refractivity contribution >= 4 is 10.4 Å². The van der Waals surface area contributed by atoms with Gasteiger partial charge in [-0.15, -0.1) is 0 Å². The molecule has 25 heavy (non-hydrogen) atoms. The van der Waals surface area contributed by atoms with E-state index in [1.165, 1.54) is 18.2 Å². The van der Waals surface area contributed by atoms with Crippen LogP contribution in [-0.4, -0.2) is 39.5 Å². The molecule has 0 saturated heterocycles. The molecule has 1 aliphatic rings. The van der Waals surface area contributed by atoms with Gasteiger partial charge in [0, 0.05) is 18.1 Å². The van der Waals surface area contributed by atoms with Crippen molar-refractivity contribution in [3.05, 3.63) is 41.5 Å². The summed E-state index contributed by atoms with van der Waals surface area (Å²) in [5.41, 5.74) is 0.507. The molecule has 134 valence electrons. The lowest BCUT2D eigenvalue weighted by molar-refractivity contribution is 0.0324. The zero-order valence-electron chi connectivity index (χ0n) is 12.5. The highest BCUT2D eigenvalue weighted by Gasteiger charge is 2.37. The summed E-state index contributed by atoms with van der Waals surface area (Å²) >= 11 is 0. The van der Waals surface area contributed by atoms with Crippen LogP contribution in [0.25, 0.3) is 0 Å². The molecule has 0 saturated carbocycles. The normalized spacial score (nSPS) is 19.9. The molecular weight excluding hydrogens is 356 g/mol. The molecular formula is C15H14O9S. The van der Waals surface area contributed by atoms with Gasteiger partial charge in [0.1, 0.15) is 11.9 Å². The summed E-state index contributed by atoms with van der Waals surface area (Å²) < 4.78 is 41.5. The van der Waals surface area contributed by atoms with Crippen LogP contribution < -0.4 is 4.74 Å². The van der Waals surface area contributed by atoms with Crippen LogP contribution >= 0.6 is 0 Å². The van der Waals surface area contributed by atoms with Gasteiger partial charge in [-0.05, 0) is 23.8 Å². The van der Waals surface area contributed by atoms with E-state index in [9.17, 15) is 28.8 Å². The van der Waals surface area contributed by atoms with Crippen molar-refractivity contribution in [2.45, 2.75) is 18.6 Å². The number of rotatable bonds is 3. The number of hydrogen-bond acceptors (Lipinski definition) is 8. The summed E-state index contributed by atoms with van der Waals surface area (Å²) in [5, 5.41) is 38.5. The van der Waals surface area contributed by atoms with Gasteiger partial charge < -0.3 is 25.2 Å². The van der Waals surface area contributed by atoms with Crippen molar-refractivity contribution in [3.8, 4) is 28.7 Å². The van der Waals surface area contributed by atoms with Gasteiger partial charge in [-0.2, -0.15) is 8.42 Å². The highest BCUT2D eigenvalue weighted by Crippen LogP contribution is 2.44. The Morgan fingerprint density at radius 1 is 1.00 bits per heavy atom. The Labute approximate surface area is 142 Å². The van der Waals surface area contributed by atoms with E-state index < -0.39 is 28.4 Å². The quantitative estimate of drug-likeness (QED) is 0.398. The van der Waals surface area contributed by atoms with Crippen molar-refractivity contribution in [1.29, 1.82) is 0 Å². The fourth-order valence-corrected chi connectivity index (χ4v) is 3.19. The van der Waals surface area contributed by atoms with Crippen LogP contribution in [-0.2, 0) is 21.0 Å². The lowest BCUT2D eigenvalue weighted by Crippen LogP contribution is -2.34. The van der Waals surface area contributed by atoms with Gasteiger partial charge in [-0.3, -0.25) is 4.55 Å². The summed E-state index contributed by atoms with van der Waals surface area (Å²) in [6.45, 7) is 0. The van der Waals surface area contributed by atoms with Crippen molar-refractivity contribution in [2.24, 2.45) is 0 Å². The first-order valence-electron chi connectivity index (χ1n) is 7.03. The number of hydrogen-bond donors (Lipinski definition) is 5. The first kappa shape index (κ1) is 17.1. The second-order valence-corrected chi connectivity index (χ2v) is 6.55. The molecule has 2 aromatic carbocycles. The maximum absolute atomic E-state index is 11.1. The Hall–Kier alpha value is -2.69. The van der Waals surface area contributed by atoms with Crippen molar-refractivity contribution in [3.63, 3.8) is 0 Å². The van der Waals surface area contributed by atoms with Gasteiger partial charge in [0.15, 0.2) is 29.1 Å². The molecule has 2 aromatic rings. The smallest absolute Gasteiger partial charge is 0.397 e. The Balaban J connectivity index is 2.07. The predicted molar refractivity (Wildman–Crippen MR) is 83.0 cm³/mol. The molecule has 0 spiro atoms. The van der Waals surface area contributed by atoms with Crippen molar-refractivity contribution < 1.29 is 42.3 Å². The standard InChI is InChI=1S/C15H14O9S/c16-9-3-8-5-13(24-25(20,21)22)15(23-14(8)12(19)6-9)7-1-2-10(17)11(18)4-7/h1-4,6,13,15-19H,5H2,(H,20,21,22).